The Hall–Kier alpha value is -0.0800. The second-order valence-corrected chi connectivity index (χ2v) is 7.21. The van der Waals surface area contributed by atoms with Crippen LogP contribution in [0.15, 0.2) is 0 Å². The molecule has 1 N–H and O–H groups in total. The van der Waals surface area contributed by atoms with Gasteiger partial charge in [0.25, 0.3) is 0 Å². The summed E-state index contributed by atoms with van der Waals surface area (Å²) < 4.78 is 0. The zero-order valence-corrected chi connectivity index (χ0v) is 14.6. The Morgan fingerprint density at radius 1 is 1.00 bits per heavy atom. The summed E-state index contributed by atoms with van der Waals surface area (Å²) in [5.41, 5.74) is 0.252. The molecule has 2 heteroatoms. The van der Waals surface area contributed by atoms with Gasteiger partial charge in [-0.1, -0.05) is 19.8 Å². The predicted molar refractivity (Wildman–Crippen MR) is 87.8 cm³/mol. The van der Waals surface area contributed by atoms with Crippen LogP contribution < -0.4 is 5.32 Å². The second kappa shape index (κ2) is 9.77. The van der Waals surface area contributed by atoms with Gasteiger partial charge in [0.05, 0.1) is 0 Å². The van der Waals surface area contributed by atoms with Gasteiger partial charge in [-0.05, 0) is 73.9 Å². The molecular formula is C17H38N2. The minimum Gasteiger partial charge on any atom is -0.312 e. The predicted octanol–water partition coefficient (Wildman–Crippen LogP) is 4.44. The summed E-state index contributed by atoms with van der Waals surface area (Å²) in [5, 5.41) is 3.58. The third-order valence-corrected chi connectivity index (χ3v) is 3.70. The molecule has 0 aliphatic heterocycles. The largest absolute Gasteiger partial charge is 0.312 e. The fraction of sp³-hybridized carbons (Fsp3) is 1.00. The van der Waals surface area contributed by atoms with Crippen molar-refractivity contribution < 1.29 is 0 Å². The quantitative estimate of drug-likeness (QED) is 0.590. The average Bonchev–Trinajstić information content (AvgIpc) is 2.28. The lowest BCUT2D eigenvalue weighted by atomic mass is 10.1. The fourth-order valence-corrected chi connectivity index (χ4v) is 2.56. The minimum atomic E-state index is 0.252. The van der Waals surface area contributed by atoms with Crippen LogP contribution in [0.25, 0.3) is 0 Å². The number of hydrogen-bond acceptors (Lipinski definition) is 2. The van der Waals surface area contributed by atoms with Crippen LogP contribution in [-0.2, 0) is 0 Å². The highest BCUT2D eigenvalue weighted by Gasteiger charge is 2.16. The number of nitrogens with zero attached hydrogens (tertiary/aromatic N) is 1. The zero-order valence-electron chi connectivity index (χ0n) is 14.6. The molecule has 0 aromatic heterocycles. The number of nitrogens with one attached hydrogen (secondary N) is 1. The number of hydrogen-bond donors (Lipinski definition) is 1. The molecule has 0 spiro atoms. The highest BCUT2D eigenvalue weighted by atomic mass is 15.2. The zero-order chi connectivity index (χ0) is 14.9. The lowest BCUT2D eigenvalue weighted by Crippen LogP contribution is -2.40. The summed E-state index contributed by atoms with van der Waals surface area (Å²) in [6.45, 7) is 18.4. The maximum absolute atomic E-state index is 3.58. The molecule has 0 aromatic rings. The van der Waals surface area contributed by atoms with Crippen LogP contribution in [0.2, 0.25) is 0 Å². The summed E-state index contributed by atoms with van der Waals surface area (Å²) in [6.07, 6.45) is 6.60. The van der Waals surface area contributed by atoms with E-state index in [1.165, 1.54) is 38.6 Å². The van der Waals surface area contributed by atoms with Crippen molar-refractivity contribution in [1.29, 1.82) is 0 Å². The van der Waals surface area contributed by atoms with Gasteiger partial charge in [0.15, 0.2) is 0 Å². The molecule has 0 radical (unpaired) electrons. The Labute approximate surface area is 122 Å². The van der Waals surface area contributed by atoms with E-state index in [0.717, 1.165) is 6.54 Å². The van der Waals surface area contributed by atoms with E-state index in [9.17, 15) is 0 Å². The first-order chi connectivity index (χ1) is 8.78. The standard InChI is InChI=1S/C17H38N2/c1-8-9-10-14-19(15(2)3)16(4)12-11-13-18-17(5,6)7/h15-16,18H,8-14H2,1-7H3. The molecule has 0 amide bonds. The van der Waals surface area contributed by atoms with Crippen LogP contribution >= 0.6 is 0 Å². The summed E-state index contributed by atoms with van der Waals surface area (Å²) in [5.74, 6) is 0. The maximum atomic E-state index is 3.58. The van der Waals surface area contributed by atoms with Crippen molar-refractivity contribution in [3.8, 4) is 0 Å². The molecule has 0 rings (SSSR count). The highest BCUT2D eigenvalue weighted by Crippen LogP contribution is 2.13. The van der Waals surface area contributed by atoms with Crippen molar-refractivity contribution in [2.45, 2.75) is 98.2 Å². The van der Waals surface area contributed by atoms with Crippen LogP contribution in [0.5, 0.6) is 0 Å². The number of unbranched alkanes of at least 4 members (excludes halogenated alkanes) is 2. The summed E-state index contributed by atoms with van der Waals surface area (Å²) >= 11 is 0. The third kappa shape index (κ3) is 10.4. The molecule has 0 aliphatic rings. The molecule has 116 valence electrons. The van der Waals surface area contributed by atoms with Gasteiger partial charge in [0.2, 0.25) is 0 Å². The maximum Gasteiger partial charge on any atom is 0.00965 e. The van der Waals surface area contributed by atoms with E-state index in [4.69, 9.17) is 0 Å². The topological polar surface area (TPSA) is 15.3 Å². The van der Waals surface area contributed by atoms with Gasteiger partial charge in [-0.25, -0.2) is 0 Å². The Morgan fingerprint density at radius 3 is 2.11 bits per heavy atom. The molecule has 19 heavy (non-hydrogen) atoms. The van der Waals surface area contributed by atoms with Gasteiger partial charge < -0.3 is 5.32 Å². The SMILES string of the molecule is CCCCCN(C(C)C)C(C)CCCNC(C)(C)C. The van der Waals surface area contributed by atoms with Crippen molar-refractivity contribution in [3.05, 3.63) is 0 Å². The van der Waals surface area contributed by atoms with Crippen LogP contribution in [0.3, 0.4) is 0 Å². The van der Waals surface area contributed by atoms with Crippen molar-refractivity contribution in [2.75, 3.05) is 13.1 Å². The summed E-state index contributed by atoms with van der Waals surface area (Å²) in [7, 11) is 0. The van der Waals surface area contributed by atoms with Gasteiger partial charge in [0.1, 0.15) is 0 Å². The van der Waals surface area contributed by atoms with Crippen LogP contribution in [0.4, 0.5) is 0 Å². The minimum absolute atomic E-state index is 0.252. The molecule has 0 bridgehead atoms. The van der Waals surface area contributed by atoms with Gasteiger partial charge in [-0.15, -0.1) is 0 Å². The van der Waals surface area contributed by atoms with Gasteiger partial charge >= 0.3 is 0 Å². The molecule has 0 saturated carbocycles. The van der Waals surface area contributed by atoms with Crippen LogP contribution in [0, 0.1) is 0 Å². The lowest BCUT2D eigenvalue weighted by Gasteiger charge is -2.33. The van der Waals surface area contributed by atoms with Crippen molar-refractivity contribution >= 4 is 0 Å². The number of rotatable bonds is 10. The first-order valence-electron chi connectivity index (χ1n) is 8.28. The molecule has 0 heterocycles. The van der Waals surface area contributed by atoms with Gasteiger partial charge in [0, 0.05) is 17.6 Å². The highest BCUT2D eigenvalue weighted by molar-refractivity contribution is 4.74. The van der Waals surface area contributed by atoms with Gasteiger partial charge in [-0.2, -0.15) is 0 Å². The van der Waals surface area contributed by atoms with Gasteiger partial charge in [-0.3, -0.25) is 4.90 Å². The van der Waals surface area contributed by atoms with Crippen molar-refractivity contribution in [1.82, 2.24) is 10.2 Å². The molecule has 0 aliphatic carbocycles. The van der Waals surface area contributed by atoms with E-state index in [2.05, 4.69) is 58.7 Å². The second-order valence-electron chi connectivity index (χ2n) is 7.21. The fourth-order valence-electron chi connectivity index (χ4n) is 2.56. The van der Waals surface area contributed by atoms with Crippen molar-refractivity contribution in [2.24, 2.45) is 0 Å². The molecule has 1 atom stereocenters. The smallest absolute Gasteiger partial charge is 0.00965 e. The average molecular weight is 271 g/mol. The molecule has 1 unspecified atom stereocenters. The van der Waals surface area contributed by atoms with Crippen molar-refractivity contribution in [3.63, 3.8) is 0 Å². The monoisotopic (exact) mass is 270 g/mol. The van der Waals surface area contributed by atoms with Crippen LogP contribution in [0.1, 0.15) is 80.6 Å². The molecule has 0 fully saturated rings. The Morgan fingerprint density at radius 2 is 1.63 bits per heavy atom. The van der Waals surface area contributed by atoms with E-state index in [0.29, 0.717) is 12.1 Å². The molecule has 0 saturated heterocycles. The lowest BCUT2D eigenvalue weighted by molar-refractivity contribution is 0.151. The van der Waals surface area contributed by atoms with E-state index < -0.39 is 0 Å². The van der Waals surface area contributed by atoms with E-state index in [-0.39, 0.29) is 5.54 Å². The Bertz CT molecular complexity index is 206. The third-order valence-electron chi connectivity index (χ3n) is 3.70. The molecule has 2 nitrogen and oxygen atoms in total. The Balaban J connectivity index is 3.94. The first kappa shape index (κ1) is 18.9. The normalized spacial score (nSPS) is 14.4. The van der Waals surface area contributed by atoms with Crippen LogP contribution in [-0.4, -0.2) is 35.6 Å². The van der Waals surface area contributed by atoms with E-state index in [1.807, 2.05) is 0 Å². The summed E-state index contributed by atoms with van der Waals surface area (Å²) in [6, 6.07) is 1.38. The Kier molecular flexibility index (Phi) is 9.72. The molecule has 0 aromatic carbocycles. The molecular weight excluding hydrogens is 232 g/mol. The van der Waals surface area contributed by atoms with E-state index >= 15 is 0 Å². The van der Waals surface area contributed by atoms with E-state index in [1.54, 1.807) is 0 Å². The first-order valence-corrected chi connectivity index (χ1v) is 8.28. The summed E-state index contributed by atoms with van der Waals surface area (Å²) in [4.78, 5) is 2.67.